The van der Waals surface area contributed by atoms with E-state index in [0.717, 1.165) is 12.1 Å². The second-order valence-corrected chi connectivity index (χ2v) is 4.60. The summed E-state index contributed by atoms with van der Waals surface area (Å²) in [6.07, 6.45) is -4.77. The van der Waals surface area contributed by atoms with Crippen molar-refractivity contribution in [3.63, 3.8) is 0 Å². The number of nitrogens with zero attached hydrogens (tertiary/aromatic N) is 1. The second-order valence-electron chi connectivity index (χ2n) is 4.60. The zero-order valence-corrected chi connectivity index (χ0v) is 12.4. The summed E-state index contributed by atoms with van der Waals surface area (Å²) in [5, 5.41) is 37.3. The predicted molar refractivity (Wildman–Crippen MR) is 77.1 cm³/mol. The number of para-hydroxylation sites is 1. The topological polar surface area (TPSA) is 183 Å². The molecule has 3 atom stereocenters. The largest absolute Gasteiger partial charge is 0.733 e. The van der Waals surface area contributed by atoms with Crippen molar-refractivity contribution in [2.24, 2.45) is 5.73 Å². The molecular weight excluding hydrogens is 328 g/mol. The molecule has 0 saturated carbocycles. The number of ether oxygens (including phenoxy) is 2. The first-order valence-corrected chi connectivity index (χ1v) is 6.48. The van der Waals surface area contributed by atoms with Gasteiger partial charge in [-0.05, 0) is 13.0 Å². The maximum atomic E-state index is 11.6. The van der Waals surface area contributed by atoms with E-state index < -0.39 is 47.3 Å². The van der Waals surface area contributed by atoms with E-state index in [-0.39, 0.29) is 5.56 Å². The minimum Gasteiger partial charge on any atom is -0.733 e. The number of anilines is 1. The quantitative estimate of drug-likeness (QED) is 0.398. The van der Waals surface area contributed by atoms with Crippen LogP contribution < -0.4 is 11.0 Å². The lowest BCUT2D eigenvalue weighted by atomic mass is 10.1. The van der Waals surface area contributed by atoms with Crippen molar-refractivity contribution >= 4 is 23.8 Å². The van der Waals surface area contributed by atoms with Gasteiger partial charge < -0.3 is 35.9 Å². The zero-order chi connectivity index (χ0) is 18.4. The lowest BCUT2D eigenvalue weighted by molar-refractivity contribution is -0.150. The minimum atomic E-state index is -1.97. The maximum Gasteiger partial charge on any atom is 0.509 e. The SMILES string of the molecule is C[C@@H](OC(=O)OC(C(=O)O)c1ccccc1N([O-])O)[C@H](N)C(=O)O. The van der Waals surface area contributed by atoms with Crippen LogP contribution in [0.1, 0.15) is 18.6 Å². The highest BCUT2D eigenvalue weighted by molar-refractivity contribution is 5.80. The molecule has 0 saturated heterocycles. The van der Waals surface area contributed by atoms with E-state index in [1.807, 2.05) is 0 Å². The molecule has 0 aliphatic carbocycles. The molecule has 0 aromatic heterocycles. The Labute approximate surface area is 135 Å². The van der Waals surface area contributed by atoms with E-state index in [2.05, 4.69) is 9.47 Å². The minimum absolute atomic E-state index is 0.311. The average molecular weight is 343 g/mol. The molecule has 1 aromatic rings. The number of carboxylic acids is 2. The maximum absolute atomic E-state index is 11.6. The third-order valence-corrected chi connectivity index (χ3v) is 2.94. The molecule has 132 valence electrons. The summed E-state index contributed by atoms with van der Waals surface area (Å²) < 4.78 is 9.19. The van der Waals surface area contributed by atoms with Crippen molar-refractivity contribution in [2.45, 2.75) is 25.2 Å². The van der Waals surface area contributed by atoms with Gasteiger partial charge in [-0.1, -0.05) is 18.2 Å². The normalized spacial score (nSPS) is 14.2. The van der Waals surface area contributed by atoms with Crippen molar-refractivity contribution in [1.29, 1.82) is 0 Å². The van der Waals surface area contributed by atoms with Gasteiger partial charge in [-0.2, -0.15) is 0 Å². The number of carbonyl (C=O) groups is 3. The van der Waals surface area contributed by atoms with E-state index in [1.54, 1.807) is 0 Å². The molecule has 0 radical (unpaired) electrons. The summed E-state index contributed by atoms with van der Waals surface area (Å²) in [4.78, 5) is 33.6. The molecule has 0 heterocycles. The molecule has 11 nitrogen and oxygen atoms in total. The van der Waals surface area contributed by atoms with E-state index in [1.165, 1.54) is 19.1 Å². The van der Waals surface area contributed by atoms with E-state index in [4.69, 9.17) is 21.2 Å². The van der Waals surface area contributed by atoms with Crippen molar-refractivity contribution < 1.29 is 39.3 Å². The van der Waals surface area contributed by atoms with Crippen molar-refractivity contribution in [2.75, 3.05) is 5.23 Å². The second kappa shape index (κ2) is 8.10. The Morgan fingerprint density at radius 1 is 1.17 bits per heavy atom. The molecule has 0 aliphatic heterocycles. The summed E-state index contributed by atoms with van der Waals surface area (Å²) in [7, 11) is 0. The molecule has 0 fully saturated rings. The van der Waals surface area contributed by atoms with Gasteiger partial charge in [0.25, 0.3) is 0 Å². The molecule has 0 amide bonds. The van der Waals surface area contributed by atoms with E-state index >= 15 is 0 Å². The Bertz CT molecular complexity index is 619. The Hall–Kier alpha value is -2.89. The lowest BCUT2D eigenvalue weighted by Crippen LogP contribution is -2.42. The highest BCUT2D eigenvalue weighted by Crippen LogP contribution is 2.28. The summed E-state index contributed by atoms with van der Waals surface area (Å²) in [6.45, 7) is 1.18. The Kier molecular flexibility index (Phi) is 6.47. The number of aliphatic carboxylic acids is 2. The van der Waals surface area contributed by atoms with Crippen LogP contribution >= 0.6 is 0 Å². The predicted octanol–water partition coefficient (Wildman–Crippen LogP) is 0.459. The highest BCUT2D eigenvalue weighted by Gasteiger charge is 2.30. The summed E-state index contributed by atoms with van der Waals surface area (Å²) >= 11 is 0. The van der Waals surface area contributed by atoms with Crippen LogP contribution in [0.3, 0.4) is 0 Å². The van der Waals surface area contributed by atoms with E-state index in [9.17, 15) is 19.6 Å². The number of hydrogen-bond donors (Lipinski definition) is 4. The van der Waals surface area contributed by atoms with Crippen LogP contribution in [0.25, 0.3) is 0 Å². The van der Waals surface area contributed by atoms with Gasteiger partial charge in [-0.25, -0.2) is 9.59 Å². The van der Waals surface area contributed by atoms with Crippen molar-refractivity contribution in [1.82, 2.24) is 0 Å². The smallest absolute Gasteiger partial charge is 0.509 e. The molecule has 1 unspecified atom stereocenters. The zero-order valence-electron chi connectivity index (χ0n) is 12.4. The molecule has 5 N–H and O–H groups in total. The highest BCUT2D eigenvalue weighted by atomic mass is 16.8. The van der Waals surface area contributed by atoms with Crippen LogP contribution in [0.5, 0.6) is 0 Å². The number of carbonyl (C=O) groups excluding carboxylic acids is 1. The number of rotatable bonds is 7. The van der Waals surface area contributed by atoms with E-state index in [0.29, 0.717) is 0 Å². The molecule has 1 rings (SSSR count). The van der Waals surface area contributed by atoms with Gasteiger partial charge in [-0.3, -0.25) is 10.0 Å². The van der Waals surface area contributed by atoms with Gasteiger partial charge in [0.05, 0.1) is 5.69 Å². The number of nitrogens with two attached hydrogens (primary N) is 1. The first-order valence-electron chi connectivity index (χ1n) is 6.48. The van der Waals surface area contributed by atoms with Gasteiger partial charge in [0, 0.05) is 5.56 Å². The van der Waals surface area contributed by atoms with Crippen LogP contribution in [-0.4, -0.2) is 45.7 Å². The molecule has 24 heavy (non-hydrogen) atoms. The fraction of sp³-hybridized carbons (Fsp3) is 0.308. The molecule has 0 spiro atoms. The van der Waals surface area contributed by atoms with Gasteiger partial charge in [0.2, 0.25) is 6.10 Å². The Morgan fingerprint density at radius 2 is 1.75 bits per heavy atom. The molecular formula is C13H15N2O9-. The monoisotopic (exact) mass is 343 g/mol. The van der Waals surface area contributed by atoms with Gasteiger partial charge in [0.1, 0.15) is 12.1 Å². The number of hydrogen-bond acceptors (Lipinski definition) is 9. The Balaban J connectivity index is 2.94. The standard InChI is InChI=1S/C13H15N2O9/c1-6(9(14)11(16)17)23-13(20)24-10(12(18)19)7-4-2-3-5-8(7)15(21)22/h2-6,9-10,21H,14H2,1H3,(H,16,17)(H,18,19)/q-1/t6-,9+,10?/m1/s1. The van der Waals surface area contributed by atoms with Crippen LogP contribution in [0, 0.1) is 5.21 Å². The Morgan fingerprint density at radius 3 is 2.25 bits per heavy atom. The first kappa shape index (κ1) is 19.2. The molecule has 11 heteroatoms. The average Bonchev–Trinajstić information content (AvgIpc) is 2.51. The summed E-state index contributed by atoms with van der Waals surface area (Å²) in [5.41, 5.74) is 4.48. The van der Waals surface area contributed by atoms with Crippen LogP contribution in [-0.2, 0) is 19.1 Å². The molecule has 0 aliphatic rings. The first-order chi connectivity index (χ1) is 11.1. The third-order valence-electron chi connectivity index (χ3n) is 2.94. The van der Waals surface area contributed by atoms with Crippen LogP contribution in [0.15, 0.2) is 24.3 Å². The molecule has 1 aromatic carbocycles. The van der Waals surface area contributed by atoms with Crippen molar-refractivity contribution in [3.05, 3.63) is 35.0 Å². The number of benzene rings is 1. The van der Waals surface area contributed by atoms with Crippen molar-refractivity contribution in [3.8, 4) is 0 Å². The summed E-state index contributed by atoms with van der Waals surface area (Å²) in [6, 6.07) is 3.43. The van der Waals surface area contributed by atoms with Crippen LogP contribution in [0.2, 0.25) is 0 Å². The van der Waals surface area contributed by atoms with Gasteiger partial charge in [0.15, 0.2) is 0 Å². The van der Waals surface area contributed by atoms with Crippen LogP contribution in [0.4, 0.5) is 10.5 Å². The van der Waals surface area contributed by atoms with Gasteiger partial charge >= 0.3 is 18.1 Å². The lowest BCUT2D eigenvalue weighted by Gasteiger charge is -2.26. The fourth-order valence-corrected chi connectivity index (χ4v) is 1.68. The van der Waals surface area contributed by atoms with Gasteiger partial charge in [-0.15, -0.1) is 0 Å². The third kappa shape index (κ3) is 4.81. The number of carboxylic acid groups (broad SMARTS) is 2. The molecule has 0 bridgehead atoms. The summed E-state index contributed by atoms with van der Waals surface area (Å²) in [5.74, 6) is -3.07. The fourth-order valence-electron chi connectivity index (χ4n) is 1.68.